The quantitative estimate of drug-likeness (QED) is 0.330. The molecule has 0 heterocycles. The molecular formula is C9ClF7S. The zero-order valence-electron chi connectivity index (χ0n) is 7.93. The molecule has 98 valence electrons. The van der Waals surface area contributed by atoms with Gasteiger partial charge in [0.2, 0.25) is 5.83 Å². The highest BCUT2D eigenvalue weighted by molar-refractivity contribution is 7.83. The van der Waals surface area contributed by atoms with Gasteiger partial charge in [0, 0.05) is 0 Å². The van der Waals surface area contributed by atoms with E-state index < -0.39 is 50.6 Å². The fraction of sp³-hybridized carbons (Fsp3) is 0. The summed E-state index contributed by atoms with van der Waals surface area (Å²) < 4.78 is 88.1. The molecule has 0 amide bonds. The first-order valence-corrected chi connectivity index (χ1v) is 4.75. The monoisotopic (exact) mass is 308 g/mol. The Kier molecular flexibility index (Phi) is 4.33. The first kappa shape index (κ1) is 14.9. The maximum atomic E-state index is 13.2. The van der Waals surface area contributed by atoms with Gasteiger partial charge in [-0.05, 0) is 0 Å². The normalized spacial score (nSPS) is 10.4. The molecule has 1 aromatic rings. The Morgan fingerprint density at radius 3 is 1.39 bits per heavy atom. The molecule has 18 heavy (non-hydrogen) atoms. The Morgan fingerprint density at radius 2 is 1.11 bits per heavy atom. The Morgan fingerprint density at radius 1 is 0.778 bits per heavy atom. The van der Waals surface area contributed by atoms with Crippen LogP contribution in [0, 0.1) is 23.3 Å². The third-order valence-electron chi connectivity index (χ3n) is 1.85. The van der Waals surface area contributed by atoms with Gasteiger partial charge in [0.1, 0.15) is 4.32 Å². The van der Waals surface area contributed by atoms with Crippen LogP contribution in [0.5, 0.6) is 0 Å². The maximum Gasteiger partial charge on any atom is 0.306 e. The van der Waals surface area contributed by atoms with Crippen molar-refractivity contribution in [2.24, 2.45) is 0 Å². The zero-order valence-corrected chi connectivity index (χ0v) is 9.50. The van der Waals surface area contributed by atoms with Gasteiger partial charge in [0.25, 0.3) is 0 Å². The molecule has 0 atom stereocenters. The van der Waals surface area contributed by atoms with Gasteiger partial charge in [-0.2, -0.15) is 8.78 Å². The minimum atomic E-state index is -3.13. The lowest BCUT2D eigenvalue weighted by Crippen LogP contribution is -2.09. The van der Waals surface area contributed by atoms with Crippen molar-refractivity contribution in [1.82, 2.24) is 0 Å². The Bertz CT molecular complexity index is 534. The van der Waals surface area contributed by atoms with E-state index in [1.54, 1.807) is 0 Å². The van der Waals surface area contributed by atoms with Crippen molar-refractivity contribution in [2.45, 2.75) is 0 Å². The number of halogens is 8. The molecule has 0 aliphatic heterocycles. The zero-order chi connectivity index (χ0) is 14.2. The van der Waals surface area contributed by atoms with Crippen molar-refractivity contribution in [1.29, 1.82) is 0 Å². The van der Waals surface area contributed by atoms with Gasteiger partial charge < -0.3 is 0 Å². The molecule has 0 N–H and O–H groups in total. The van der Waals surface area contributed by atoms with Crippen molar-refractivity contribution < 1.29 is 30.7 Å². The SMILES string of the molecule is FC(F)=C(F)c1c(F)c(F)c(C(=S)Cl)c(F)c1F. The highest BCUT2D eigenvalue weighted by Crippen LogP contribution is 2.32. The molecule has 0 fully saturated rings. The standard InChI is InChI=1S/C9ClF7S/c10-8(18)2-5(13)3(11)1(4(12)6(2)14)7(15)9(16)17. The predicted molar refractivity (Wildman–Crippen MR) is 54.1 cm³/mol. The van der Waals surface area contributed by atoms with E-state index in [1.165, 1.54) is 0 Å². The lowest BCUT2D eigenvalue weighted by molar-refractivity contribution is 0.401. The molecule has 0 radical (unpaired) electrons. The highest BCUT2D eigenvalue weighted by atomic mass is 35.5. The van der Waals surface area contributed by atoms with E-state index in [0.29, 0.717) is 0 Å². The van der Waals surface area contributed by atoms with Crippen LogP contribution in [0.15, 0.2) is 6.08 Å². The Hall–Kier alpha value is -1.15. The van der Waals surface area contributed by atoms with Crippen LogP contribution >= 0.6 is 23.8 Å². The lowest BCUT2D eigenvalue weighted by Gasteiger charge is -2.08. The molecule has 1 aromatic carbocycles. The van der Waals surface area contributed by atoms with E-state index in [9.17, 15) is 30.7 Å². The summed E-state index contributed by atoms with van der Waals surface area (Å²) in [4.78, 5) is 0. The number of rotatable bonds is 2. The predicted octanol–water partition coefficient (Wildman–Crippen LogP) is 4.69. The second-order valence-corrected chi connectivity index (χ2v) is 3.86. The minimum Gasteiger partial charge on any atom is -0.203 e. The van der Waals surface area contributed by atoms with Gasteiger partial charge in [-0.3, -0.25) is 0 Å². The van der Waals surface area contributed by atoms with E-state index in [4.69, 9.17) is 11.6 Å². The largest absolute Gasteiger partial charge is 0.306 e. The number of thiocarbonyl (C=S) groups is 1. The van der Waals surface area contributed by atoms with Crippen LogP contribution in [-0.2, 0) is 0 Å². The molecule has 0 spiro atoms. The van der Waals surface area contributed by atoms with Gasteiger partial charge in [0.15, 0.2) is 23.3 Å². The van der Waals surface area contributed by atoms with Gasteiger partial charge in [-0.25, -0.2) is 22.0 Å². The van der Waals surface area contributed by atoms with Crippen LogP contribution in [0.2, 0.25) is 0 Å². The third-order valence-corrected chi connectivity index (χ3v) is 2.24. The maximum absolute atomic E-state index is 13.2. The summed E-state index contributed by atoms with van der Waals surface area (Å²) in [5.74, 6) is -11.7. The number of hydrogen-bond donors (Lipinski definition) is 0. The summed E-state index contributed by atoms with van der Waals surface area (Å²) in [6, 6.07) is 0. The highest BCUT2D eigenvalue weighted by Gasteiger charge is 2.30. The van der Waals surface area contributed by atoms with Crippen molar-refractivity contribution in [3.05, 3.63) is 40.5 Å². The smallest absolute Gasteiger partial charge is 0.203 e. The molecule has 0 aromatic heterocycles. The Balaban J connectivity index is 3.81. The lowest BCUT2D eigenvalue weighted by atomic mass is 10.1. The average Bonchev–Trinajstić information content (AvgIpc) is 2.26. The molecule has 0 bridgehead atoms. The van der Waals surface area contributed by atoms with E-state index in [-0.39, 0.29) is 0 Å². The molecule has 0 aliphatic carbocycles. The van der Waals surface area contributed by atoms with Gasteiger partial charge >= 0.3 is 6.08 Å². The Labute approximate surface area is 106 Å². The second-order valence-electron chi connectivity index (χ2n) is 2.85. The molecule has 0 saturated heterocycles. The molecule has 0 nitrogen and oxygen atoms in total. The van der Waals surface area contributed by atoms with Gasteiger partial charge in [-0.15, -0.1) is 0 Å². The molecule has 0 aliphatic rings. The van der Waals surface area contributed by atoms with Crippen LogP contribution in [0.25, 0.3) is 5.83 Å². The average molecular weight is 309 g/mol. The van der Waals surface area contributed by atoms with E-state index in [1.807, 2.05) is 0 Å². The second kappa shape index (κ2) is 5.23. The van der Waals surface area contributed by atoms with Crippen LogP contribution in [0.3, 0.4) is 0 Å². The van der Waals surface area contributed by atoms with E-state index >= 15 is 0 Å². The van der Waals surface area contributed by atoms with Gasteiger partial charge in [0.05, 0.1) is 11.1 Å². The fourth-order valence-electron chi connectivity index (χ4n) is 1.09. The molecule has 1 rings (SSSR count). The van der Waals surface area contributed by atoms with Crippen molar-refractivity contribution >= 4 is 34.0 Å². The van der Waals surface area contributed by atoms with Crippen molar-refractivity contribution in [3.63, 3.8) is 0 Å². The first-order chi connectivity index (χ1) is 8.20. The molecule has 0 saturated carbocycles. The summed E-state index contributed by atoms with van der Waals surface area (Å²) >= 11 is 9.13. The van der Waals surface area contributed by atoms with Gasteiger partial charge in [-0.1, -0.05) is 23.8 Å². The summed E-state index contributed by atoms with van der Waals surface area (Å²) in [7, 11) is 0. The third kappa shape index (κ3) is 2.35. The van der Waals surface area contributed by atoms with Crippen LogP contribution in [0.1, 0.15) is 11.1 Å². The van der Waals surface area contributed by atoms with Crippen molar-refractivity contribution in [2.75, 3.05) is 0 Å². The summed E-state index contributed by atoms with van der Waals surface area (Å²) in [6.07, 6.45) is -3.13. The topological polar surface area (TPSA) is 0 Å². The molecular weight excluding hydrogens is 309 g/mol. The fourth-order valence-corrected chi connectivity index (χ4v) is 1.44. The number of hydrogen-bond acceptors (Lipinski definition) is 1. The van der Waals surface area contributed by atoms with E-state index in [0.717, 1.165) is 0 Å². The minimum absolute atomic E-state index is 1.07. The molecule has 0 unspecified atom stereocenters. The number of benzene rings is 1. The molecule has 9 heteroatoms. The van der Waals surface area contributed by atoms with E-state index in [2.05, 4.69) is 12.2 Å². The summed E-state index contributed by atoms with van der Waals surface area (Å²) in [5.41, 5.74) is -3.61. The van der Waals surface area contributed by atoms with Crippen LogP contribution in [-0.4, -0.2) is 4.32 Å². The van der Waals surface area contributed by atoms with Crippen LogP contribution < -0.4 is 0 Å². The first-order valence-electron chi connectivity index (χ1n) is 3.97. The van der Waals surface area contributed by atoms with Crippen LogP contribution in [0.4, 0.5) is 30.7 Å². The summed E-state index contributed by atoms with van der Waals surface area (Å²) in [6.45, 7) is 0. The summed E-state index contributed by atoms with van der Waals surface area (Å²) in [5, 5.41) is 0. The van der Waals surface area contributed by atoms with Crippen molar-refractivity contribution in [3.8, 4) is 0 Å².